The maximum atomic E-state index is 13.7. The number of hydrogen-bond donors (Lipinski definition) is 0. The van der Waals surface area contributed by atoms with Gasteiger partial charge in [0.15, 0.2) is 5.17 Å². The molecule has 0 N–H and O–H groups in total. The van der Waals surface area contributed by atoms with Crippen LogP contribution in [0.15, 0.2) is 29.3 Å². The highest BCUT2D eigenvalue weighted by atomic mass is 32.2. The summed E-state index contributed by atoms with van der Waals surface area (Å²) >= 11 is 1.87. The van der Waals surface area contributed by atoms with Crippen molar-refractivity contribution in [2.45, 2.75) is 19.1 Å². The van der Waals surface area contributed by atoms with Gasteiger partial charge >= 0.3 is 0 Å². The Hall–Kier alpha value is -1.82. The number of fused-ring (bicyclic) bond motifs is 1. The second kappa shape index (κ2) is 6.24. The average molecular weight is 344 g/mol. The molecular formula is C18H21FN4S. The van der Waals surface area contributed by atoms with Gasteiger partial charge in [0.2, 0.25) is 0 Å². The highest BCUT2D eigenvalue weighted by molar-refractivity contribution is 8.14. The van der Waals surface area contributed by atoms with E-state index in [1.807, 2.05) is 18.7 Å². The fourth-order valence-electron chi connectivity index (χ4n) is 3.34. The number of nitrogens with zero attached hydrogens (tertiary/aromatic N) is 4. The first-order valence-electron chi connectivity index (χ1n) is 8.38. The van der Waals surface area contributed by atoms with Gasteiger partial charge in [-0.05, 0) is 31.2 Å². The predicted molar refractivity (Wildman–Crippen MR) is 99.6 cm³/mol. The number of aromatic nitrogens is 1. The second-order valence-electron chi connectivity index (χ2n) is 6.47. The molecule has 126 valence electrons. The van der Waals surface area contributed by atoms with E-state index in [0.717, 1.165) is 55.0 Å². The number of thioether (sulfide) groups is 1. The Bertz CT molecular complexity index is 799. The average Bonchev–Trinajstić information content (AvgIpc) is 3.01. The summed E-state index contributed by atoms with van der Waals surface area (Å²) in [6, 6.07) is 6.92. The molecule has 0 radical (unpaired) electrons. The van der Waals surface area contributed by atoms with Gasteiger partial charge in [-0.25, -0.2) is 4.39 Å². The summed E-state index contributed by atoms with van der Waals surface area (Å²) in [6.07, 6.45) is 0. The molecule has 3 heterocycles. The van der Waals surface area contributed by atoms with Gasteiger partial charge in [-0.1, -0.05) is 18.7 Å². The summed E-state index contributed by atoms with van der Waals surface area (Å²) in [6.45, 7) is 8.89. The van der Waals surface area contributed by atoms with Gasteiger partial charge in [-0.15, -0.1) is 0 Å². The Kier molecular flexibility index (Phi) is 4.08. The van der Waals surface area contributed by atoms with Crippen LogP contribution in [0.3, 0.4) is 0 Å². The number of amidine groups is 1. The third-order valence-corrected chi connectivity index (χ3v) is 5.71. The van der Waals surface area contributed by atoms with Gasteiger partial charge in [-0.3, -0.25) is 9.98 Å². The molecule has 1 saturated heterocycles. The van der Waals surface area contributed by atoms with Crippen molar-refractivity contribution in [2.75, 3.05) is 37.6 Å². The van der Waals surface area contributed by atoms with Crippen molar-refractivity contribution < 1.29 is 4.39 Å². The van der Waals surface area contributed by atoms with Gasteiger partial charge < -0.3 is 9.80 Å². The smallest absolute Gasteiger partial charge is 0.159 e. The van der Waals surface area contributed by atoms with Crippen molar-refractivity contribution in [3.8, 4) is 0 Å². The molecule has 4 nitrogen and oxygen atoms in total. The summed E-state index contributed by atoms with van der Waals surface area (Å²) in [4.78, 5) is 13.9. The number of rotatable bonds is 1. The minimum absolute atomic E-state index is 0.210. The standard InChI is InChI=1S/C18H21FN4S/c1-12-9-17(15-10-14(19)3-4-16(15)21-12)22-5-7-23(8-6-22)18-20-11-13(2)24-18/h3-4,9-10,13H,5-8,11H2,1-2H3. The van der Waals surface area contributed by atoms with Gasteiger partial charge in [0.1, 0.15) is 5.82 Å². The lowest BCUT2D eigenvalue weighted by atomic mass is 10.1. The number of benzene rings is 1. The lowest BCUT2D eigenvalue weighted by Gasteiger charge is -2.37. The van der Waals surface area contributed by atoms with Gasteiger partial charge in [0, 0.05) is 48.2 Å². The van der Waals surface area contributed by atoms with Crippen LogP contribution in [0.25, 0.3) is 10.9 Å². The monoisotopic (exact) mass is 344 g/mol. The molecule has 2 aliphatic heterocycles. The van der Waals surface area contributed by atoms with Crippen molar-refractivity contribution in [2.24, 2.45) is 4.99 Å². The minimum atomic E-state index is -0.210. The zero-order chi connectivity index (χ0) is 16.7. The van der Waals surface area contributed by atoms with Crippen LogP contribution in [-0.2, 0) is 0 Å². The molecule has 1 aromatic carbocycles. The molecule has 6 heteroatoms. The highest BCUT2D eigenvalue weighted by Crippen LogP contribution is 2.30. The van der Waals surface area contributed by atoms with E-state index < -0.39 is 0 Å². The summed E-state index contributed by atoms with van der Waals surface area (Å²) in [5, 5.41) is 2.67. The van der Waals surface area contributed by atoms with E-state index in [2.05, 4.69) is 32.8 Å². The summed E-state index contributed by atoms with van der Waals surface area (Å²) < 4.78 is 13.7. The van der Waals surface area contributed by atoms with Crippen molar-refractivity contribution >= 4 is 33.5 Å². The first-order chi connectivity index (χ1) is 11.6. The van der Waals surface area contributed by atoms with Crippen LogP contribution in [0, 0.1) is 12.7 Å². The lowest BCUT2D eigenvalue weighted by molar-refractivity contribution is 0.392. The fourth-order valence-corrected chi connectivity index (χ4v) is 4.33. The highest BCUT2D eigenvalue weighted by Gasteiger charge is 2.25. The number of anilines is 1. The Morgan fingerprint density at radius 3 is 2.58 bits per heavy atom. The number of aliphatic imine (C=N–C) groups is 1. The van der Waals surface area contributed by atoms with Crippen molar-refractivity contribution in [3.63, 3.8) is 0 Å². The number of aryl methyl sites for hydroxylation is 1. The van der Waals surface area contributed by atoms with Crippen molar-refractivity contribution in [1.29, 1.82) is 0 Å². The van der Waals surface area contributed by atoms with E-state index in [-0.39, 0.29) is 5.82 Å². The van der Waals surface area contributed by atoms with E-state index >= 15 is 0 Å². The summed E-state index contributed by atoms with van der Waals surface area (Å²) in [5.41, 5.74) is 2.92. The molecule has 1 fully saturated rings. The maximum Gasteiger partial charge on any atom is 0.159 e. The summed E-state index contributed by atoms with van der Waals surface area (Å²) in [5.74, 6) is -0.210. The lowest BCUT2D eigenvalue weighted by Crippen LogP contribution is -2.48. The molecule has 0 aliphatic carbocycles. The van der Waals surface area contributed by atoms with Crippen LogP contribution in [0.2, 0.25) is 0 Å². The minimum Gasteiger partial charge on any atom is -0.367 e. The zero-order valence-corrected chi connectivity index (χ0v) is 14.8. The Labute approximate surface area is 145 Å². The quantitative estimate of drug-likeness (QED) is 0.794. The number of pyridine rings is 1. The topological polar surface area (TPSA) is 31.7 Å². The van der Waals surface area contributed by atoms with Crippen LogP contribution in [0.5, 0.6) is 0 Å². The molecular weight excluding hydrogens is 323 g/mol. The SMILES string of the molecule is Cc1cc(N2CCN(C3=NCC(C)S3)CC2)c2cc(F)ccc2n1. The maximum absolute atomic E-state index is 13.7. The molecule has 2 aliphatic rings. The second-order valence-corrected chi connectivity index (χ2v) is 7.88. The Morgan fingerprint density at radius 1 is 1.12 bits per heavy atom. The van der Waals surface area contributed by atoms with E-state index in [0.29, 0.717) is 5.25 Å². The fraction of sp³-hybridized carbons (Fsp3) is 0.444. The van der Waals surface area contributed by atoms with Crippen LogP contribution >= 0.6 is 11.8 Å². The molecule has 0 bridgehead atoms. The van der Waals surface area contributed by atoms with Crippen LogP contribution in [0.1, 0.15) is 12.6 Å². The molecule has 2 aromatic rings. The molecule has 0 amide bonds. The van der Waals surface area contributed by atoms with Gasteiger partial charge in [0.25, 0.3) is 0 Å². The zero-order valence-electron chi connectivity index (χ0n) is 14.0. The first-order valence-corrected chi connectivity index (χ1v) is 9.26. The predicted octanol–water partition coefficient (Wildman–Crippen LogP) is 3.30. The third kappa shape index (κ3) is 2.95. The van der Waals surface area contributed by atoms with Crippen LogP contribution in [0.4, 0.5) is 10.1 Å². The van der Waals surface area contributed by atoms with E-state index in [4.69, 9.17) is 0 Å². The summed E-state index contributed by atoms with van der Waals surface area (Å²) in [7, 11) is 0. The first kappa shape index (κ1) is 15.7. The van der Waals surface area contributed by atoms with E-state index in [9.17, 15) is 4.39 Å². The molecule has 1 unspecified atom stereocenters. The van der Waals surface area contributed by atoms with Gasteiger partial charge in [0.05, 0.1) is 12.1 Å². The molecule has 1 aromatic heterocycles. The number of hydrogen-bond acceptors (Lipinski definition) is 5. The van der Waals surface area contributed by atoms with Crippen molar-refractivity contribution in [1.82, 2.24) is 9.88 Å². The molecule has 1 atom stereocenters. The molecule has 24 heavy (non-hydrogen) atoms. The Balaban J connectivity index is 1.57. The number of halogens is 1. The van der Waals surface area contributed by atoms with E-state index in [1.54, 1.807) is 12.1 Å². The molecule has 0 spiro atoms. The van der Waals surface area contributed by atoms with Crippen molar-refractivity contribution in [3.05, 3.63) is 35.8 Å². The molecule has 4 rings (SSSR count). The van der Waals surface area contributed by atoms with Crippen LogP contribution < -0.4 is 4.90 Å². The largest absolute Gasteiger partial charge is 0.367 e. The normalized spacial score (nSPS) is 21.5. The Morgan fingerprint density at radius 2 is 1.88 bits per heavy atom. The third-order valence-electron chi connectivity index (χ3n) is 4.56. The van der Waals surface area contributed by atoms with E-state index in [1.165, 1.54) is 11.2 Å². The molecule has 0 saturated carbocycles. The van der Waals surface area contributed by atoms with Crippen LogP contribution in [-0.4, -0.2) is 53.0 Å². The number of piperazine rings is 1. The van der Waals surface area contributed by atoms with Gasteiger partial charge in [-0.2, -0.15) is 0 Å².